The van der Waals surface area contributed by atoms with Gasteiger partial charge >= 0.3 is 13.2 Å². The lowest BCUT2D eigenvalue weighted by atomic mass is 10.2. The minimum absolute atomic E-state index is 0.0113. The van der Waals surface area contributed by atoms with Gasteiger partial charge in [-0.1, -0.05) is 6.07 Å². The van der Waals surface area contributed by atoms with Crippen LogP contribution < -0.4 is 14.9 Å². The number of carbonyl (C=O) groups is 1. The Labute approximate surface area is 186 Å². The zero-order valence-electron chi connectivity index (χ0n) is 17.0. The zero-order chi connectivity index (χ0) is 24.0. The van der Waals surface area contributed by atoms with Gasteiger partial charge in [-0.25, -0.2) is 13.8 Å². The van der Waals surface area contributed by atoms with Gasteiger partial charge < -0.3 is 9.47 Å². The third-order valence-electron chi connectivity index (χ3n) is 4.60. The molecular formula is C20H19F4N3O5S. The summed E-state index contributed by atoms with van der Waals surface area (Å²) in [6.45, 7) is -5.58. The average molecular weight is 489 g/mol. The molecule has 0 radical (unpaired) electrons. The van der Waals surface area contributed by atoms with Crippen LogP contribution in [0.2, 0.25) is 0 Å². The lowest BCUT2D eigenvalue weighted by molar-refractivity contribution is -0.0543. The van der Waals surface area contributed by atoms with Crippen molar-refractivity contribution < 1.29 is 40.2 Å². The Kier molecular flexibility index (Phi) is 7.87. The van der Waals surface area contributed by atoms with E-state index in [1.807, 2.05) is 0 Å². The van der Waals surface area contributed by atoms with Gasteiger partial charge in [-0.15, -0.1) is 0 Å². The van der Waals surface area contributed by atoms with E-state index in [0.29, 0.717) is 13.1 Å². The predicted octanol–water partition coefficient (Wildman–Crippen LogP) is 3.44. The summed E-state index contributed by atoms with van der Waals surface area (Å²) in [6, 6.07) is 8.43. The van der Waals surface area contributed by atoms with Crippen molar-refractivity contribution in [1.29, 1.82) is 0 Å². The molecule has 0 saturated carbocycles. The first-order valence-electron chi connectivity index (χ1n) is 9.64. The number of nitrogens with zero attached hydrogens (tertiary/aromatic N) is 2. The van der Waals surface area contributed by atoms with Crippen LogP contribution in [-0.2, 0) is 10.0 Å². The average Bonchev–Trinajstić information content (AvgIpc) is 3.30. The SMILES string of the molecule is O=C(N/N=C\c1ccc(OC(F)F)cc1OC(F)F)c1cccc(S(=O)(=O)N2CCCC2)c1. The Hall–Kier alpha value is -3.19. The Balaban J connectivity index is 1.73. The van der Waals surface area contributed by atoms with E-state index in [1.54, 1.807) is 0 Å². The molecular weight excluding hydrogens is 470 g/mol. The van der Waals surface area contributed by atoms with Gasteiger partial charge in [0.25, 0.3) is 5.91 Å². The number of hydrazone groups is 1. The number of carbonyl (C=O) groups excluding carboxylic acids is 1. The fourth-order valence-corrected chi connectivity index (χ4v) is 4.66. The number of amides is 1. The quantitative estimate of drug-likeness (QED) is 0.331. The fraction of sp³-hybridized carbons (Fsp3) is 0.300. The minimum Gasteiger partial charge on any atom is -0.435 e. The largest absolute Gasteiger partial charge is 0.435 e. The van der Waals surface area contributed by atoms with Gasteiger partial charge in [-0.2, -0.15) is 27.0 Å². The number of hydrogen-bond acceptors (Lipinski definition) is 6. The van der Waals surface area contributed by atoms with Crippen molar-refractivity contribution in [2.24, 2.45) is 5.10 Å². The summed E-state index contributed by atoms with van der Waals surface area (Å²) in [5.74, 6) is -1.66. The van der Waals surface area contributed by atoms with Crippen molar-refractivity contribution in [1.82, 2.24) is 9.73 Å². The van der Waals surface area contributed by atoms with E-state index in [0.717, 1.165) is 37.3 Å². The van der Waals surface area contributed by atoms with Crippen LogP contribution in [0.4, 0.5) is 17.6 Å². The van der Waals surface area contributed by atoms with Gasteiger partial charge in [-0.05, 0) is 43.2 Å². The van der Waals surface area contributed by atoms with Crippen LogP contribution in [0.25, 0.3) is 0 Å². The second-order valence-corrected chi connectivity index (χ2v) is 8.73. The fourth-order valence-electron chi connectivity index (χ4n) is 3.10. The second-order valence-electron chi connectivity index (χ2n) is 6.79. The van der Waals surface area contributed by atoms with Gasteiger partial charge in [0.1, 0.15) is 11.5 Å². The van der Waals surface area contributed by atoms with E-state index in [-0.39, 0.29) is 16.0 Å². The number of benzene rings is 2. The summed E-state index contributed by atoms with van der Waals surface area (Å²) in [7, 11) is -3.73. The highest BCUT2D eigenvalue weighted by atomic mass is 32.2. The van der Waals surface area contributed by atoms with Gasteiger partial charge in [0.2, 0.25) is 10.0 Å². The van der Waals surface area contributed by atoms with Crippen molar-refractivity contribution in [2.45, 2.75) is 31.0 Å². The minimum atomic E-state index is -3.73. The zero-order valence-corrected chi connectivity index (χ0v) is 17.8. The molecule has 1 aliphatic rings. The molecule has 1 saturated heterocycles. The second kappa shape index (κ2) is 10.6. The highest BCUT2D eigenvalue weighted by Gasteiger charge is 2.27. The van der Waals surface area contributed by atoms with Crippen LogP contribution in [-0.4, -0.2) is 51.2 Å². The van der Waals surface area contributed by atoms with Crippen molar-refractivity contribution >= 4 is 22.1 Å². The molecule has 13 heteroatoms. The van der Waals surface area contributed by atoms with Crippen molar-refractivity contribution in [3.63, 3.8) is 0 Å². The molecule has 0 spiro atoms. The van der Waals surface area contributed by atoms with Gasteiger partial charge in [0.15, 0.2) is 0 Å². The lowest BCUT2D eigenvalue weighted by Crippen LogP contribution is -2.28. The van der Waals surface area contributed by atoms with E-state index >= 15 is 0 Å². The van der Waals surface area contributed by atoms with E-state index in [9.17, 15) is 30.8 Å². The Morgan fingerprint density at radius 3 is 2.39 bits per heavy atom. The van der Waals surface area contributed by atoms with Crippen molar-refractivity contribution in [3.8, 4) is 11.5 Å². The van der Waals surface area contributed by atoms with Crippen LogP contribution in [0.5, 0.6) is 11.5 Å². The van der Waals surface area contributed by atoms with Gasteiger partial charge in [0.05, 0.1) is 11.1 Å². The third-order valence-corrected chi connectivity index (χ3v) is 6.49. The molecule has 2 aromatic rings. The molecule has 0 aromatic heterocycles. The molecule has 0 unspecified atom stereocenters. The number of sulfonamides is 1. The summed E-state index contributed by atoms with van der Waals surface area (Å²) in [4.78, 5) is 12.3. The molecule has 178 valence electrons. The molecule has 1 amide bonds. The summed E-state index contributed by atoms with van der Waals surface area (Å²) in [6.07, 6.45) is 2.49. The highest BCUT2D eigenvalue weighted by Crippen LogP contribution is 2.26. The van der Waals surface area contributed by atoms with Crippen molar-refractivity contribution in [2.75, 3.05) is 13.1 Å². The molecule has 3 rings (SSSR count). The molecule has 1 fully saturated rings. The van der Waals surface area contributed by atoms with Crippen LogP contribution >= 0.6 is 0 Å². The molecule has 1 heterocycles. The predicted molar refractivity (Wildman–Crippen MR) is 109 cm³/mol. The normalized spacial score (nSPS) is 14.8. The molecule has 8 nitrogen and oxygen atoms in total. The van der Waals surface area contributed by atoms with Crippen LogP contribution in [0.15, 0.2) is 52.5 Å². The number of ether oxygens (including phenoxy) is 2. The summed E-state index contributed by atoms with van der Waals surface area (Å²) < 4.78 is 85.0. The molecule has 0 aliphatic carbocycles. The Morgan fingerprint density at radius 2 is 1.73 bits per heavy atom. The van der Waals surface area contributed by atoms with E-state index in [1.165, 1.54) is 28.6 Å². The standard InChI is InChI=1S/C20H19F4N3O5S/c21-19(22)31-15-7-6-14(17(11-15)32-20(23)24)12-25-26-18(28)13-4-3-5-16(10-13)33(29,30)27-8-1-2-9-27/h3-7,10-12,19-20H,1-2,8-9H2,(H,26,28)/b25-12-. The highest BCUT2D eigenvalue weighted by molar-refractivity contribution is 7.89. The van der Waals surface area contributed by atoms with E-state index in [4.69, 9.17) is 0 Å². The molecule has 1 aliphatic heterocycles. The molecule has 0 bridgehead atoms. The monoisotopic (exact) mass is 489 g/mol. The maximum Gasteiger partial charge on any atom is 0.387 e. The maximum absolute atomic E-state index is 12.7. The van der Waals surface area contributed by atoms with Crippen LogP contribution in [0, 0.1) is 0 Å². The topological polar surface area (TPSA) is 97.3 Å². The maximum atomic E-state index is 12.7. The molecule has 33 heavy (non-hydrogen) atoms. The van der Waals surface area contributed by atoms with E-state index in [2.05, 4.69) is 20.0 Å². The third kappa shape index (κ3) is 6.42. The summed E-state index contributed by atoms with van der Waals surface area (Å²) in [5.41, 5.74) is 2.11. The number of rotatable bonds is 9. The van der Waals surface area contributed by atoms with Crippen LogP contribution in [0.3, 0.4) is 0 Å². The number of halogens is 4. The number of hydrogen-bond donors (Lipinski definition) is 1. The molecule has 2 aromatic carbocycles. The van der Waals surface area contributed by atoms with Gasteiger partial charge in [-0.3, -0.25) is 4.79 Å². The molecule has 0 atom stereocenters. The Bertz CT molecular complexity index is 1120. The number of alkyl halides is 4. The number of nitrogens with one attached hydrogen (secondary N) is 1. The van der Waals surface area contributed by atoms with Crippen LogP contribution in [0.1, 0.15) is 28.8 Å². The van der Waals surface area contributed by atoms with Crippen molar-refractivity contribution in [3.05, 3.63) is 53.6 Å². The molecule has 1 N–H and O–H groups in total. The van der Waals surface area contributed by atoms with E-state index < -0.39 is 40.7 Å². The summed E-state index contributed by atoms with van der Waals surface area (Å²) >= 11 is 0. The lowest BCUT2D eigenvalue weighted by Gasteiger charge is -2.15. The van der Waals surface area contributed by atoms with Gasteiger partial charge in [0, 0.05) is 30.3 Å². The first-order chi connectivity index (χ1) is 15.7. The smallest absolute Gasteiger partial charge is 0.387 e. The first kappa shape index (κ1) is 24.5. The Morgan fingerprint density at radius 1 is 1.03 bits per heavy atom. The first-order valence-corrected chi connectivity index (χ1v) is 11.1. The summed E-state index contributed by atoms with van der Waals surface area (Å²) in [5, 5.41) is 3.65.